The third-order valence-electron chi connectivity index (χ3n) is 6.67. The predicted octanol–water partition coefficient (Wildman–Crippen LogP) is 8.99. The van der Waals surface area contributed by atoms with Crippen molar-refractivity contribution in [3.05, 3.63) is 108 Å². The molecule has 7 aromatic rings. The maximum Gasteiger partial charge on any atom is 0.172 e. The molecule has 0 N–H and O–H groups in total. The predicted molar refractivity (Wildman–Crippen MR) is 140 cm³/mol. The highest BCUT2D eigenvalue weighted by molar-refractivity contribution is 7.17. The standard InChI is InChI=1S/C30H14F4N2S/c31-25-23(20-13-18-11-9-15-7-4-8-16-10-12-19(14-20)22(18)21(15)16)26(32)28(34)24(27(25)33)30-36-35-29(37-30)17-5-2-1-3-6-17/h1-14H. The summed E-state index contributed by atoms with van der Waals surface area (Å²) < 4.78 is 61.6. The molecule has 0 amide bonds. The Hall–Kier alpha value is -4.36. The van der Waals surface area contributed by atoms with Gasteiger partial charge in [0.05, 0.1) is 11.1 Å². The van der Waals surface area contributed by atoms with Crippen LogP contribution in [-0.2, 0) is 0 Å². The van der Waals surface area contributed by atoms with Crippen LogP contribution in [0.15, 0.2) is 84.9 Å². The van der Waals surface area contributed by atoms with Crippen LogP contribution in [0.3, 0.4) is 0 Å². The molecule has 0 aliphatic carbocycles. The molecule has 0 spiro atoms. The number of aromatic nitrogens is 2. The zero-order valence-corrected chi connectivity index (χ0v) is 19.7. The molecule has 0 saturated heterocycles. The van der Waals surface area contributed by atoms with Crippen LogP contribution < -0.4 is 0 Å². The lowest BCUT2D eigenvalue weighted by molar-refractivity contribution is 0.462. The van der Waals surface area contributed by atoms with E-state index < -0.39 is 34.4 Å². The summed E-state index contributed by atoms with van der Waals surface area (Å²) in [7, 11) is 0. The van der Waals surface area contributed by atoms with E-state index in [4.69, 9.17) is 0 Å². The lowest BCUT2D eigenvalue weighted by Gasteiger charge is -2.15. The molecule has 1 aromatic heterocycles. The first-order valence-electron chi connectivity index (χ1n) is 11.4. The summed E-state index contributed by atoms with van der Waals surface area (Å²) in [5.74, 6) is -5.96. The number of hydrogen-bond acceptors (Lipinski definition) is 3. The molecule has 0 aliphatic rings. The van der Waals surface area contributed by atoms with Crippen molar-refractivity contribution in [1.82, 2.24) is 10.2 Å². The zero-order valence-electron chi connectivity index (χ0n) is 18.9. The van der Waals surface area contributed by atoms with Crippen LogP contribution in [0.1, 0.15) is 0 Å². The fraction of sp³-hybridized carbons (Fsp3) is 0. The van der Waals surface area contributed by atoms with Gasteiger partial charge in [-0.15, -0.1) is 10.2 Å². The van der Waals surface area contributed by atoms with Crippen molar-refractivity contribution in [2.24, 2.45) is 0 Å². The third kappa shape index (κ3) is 3.24. The van der Waals surface area contributed by atoms with Crippen molar-refractivity contribution in [1.29, 1.82) is 0 Å². The van der Waals surface area contributed by atoms with Gasteiger partial charge in [0.1, 0.15) is 5.01 Å². The third-order valence-corrected chi connectivity index (χ3v) is 7.66. The molecule has 6 aromatic carbocycles. The quantitative estimate of drug-likeness (QED) is 0.135. The van der Waals surface area contributed by atoms with Crippen molar-refractivity contribution in [3.8, 4) is 32.3 Å². The first kappa shape index (κ1) is 21.9. The molecule has 0 fully saturated rings. The molecule has 7 rings (SSSR count). The van der Waals surface area contributed by atoms with Gasteiger partial charge in [-0.2, -0.15) is 0 Å². The second-order valence-corrected chi connectivity index (χ2v) is 9.77. The second-order valence-electron chi connectivity index (χ2n) is 8.79. The van der Waals surface area contributed by atoms with Crippen LogP contribution in [0.4, 0.5) is 17.6 Å². The first-order chi connectivity index (χ1) is 18.0. The summed E-state index contributed by atoms with van der Waals surface area (Å²) in [5, 5.41) is 13.4. The van der Waals surface area contributed by atoms with Crippen LogP contribution in [0, 0.1) is 23.3 Å². The first-order valence-corrected chi connectivity index (χ1v) is 12.3. The van der Waals surface area contributed by atoms with Crippen molar-refractivity contribution in [2.45, 2.75) is 0 Å². The number of benzene rings is 6. The van der Waals surface area contributed by atoms with Crippen LogP contribution >= 0.6 is 11.3 Å². The molecule has 1 heterocycles. The van der Waals surface area contributed by atoms with Crippen molar-refractivity contribution in [2.75, 3.05) is 0 Å². The van der Waals surface area contributed by atoms with E-state index in [1.807, 2.05) is 48.5 Å². The van der Waals surface area contributed by atoms with Crippen molar-refractivity contribution < 1.29 is 17.6 Å². The molecule has 0 saturated carbocycles. The number of nitrogens with zero attached hydrogens (tertiary/aromatic N) is 2. The van der Waals surface area contributed by atoms with Gasteiger partial charge in [-0.05, 0) is 50.0 Å². The fourth-order valence-corrected chi connectivity index (χ4v) is 5.87. The lowest BCUT2D eigenvalue weighted by atomic mass is 9.91. The minimum absolute atomic E-state index is 0.0486. The highest BCUT2D eigenvalue weighted by Gasteiger charge is 2.29. The van der Waals surface area contributed by atoms with E-state index in [9.17, 15) is 0 Å². The Morgan fingerprint density at radius 1 is 0.459 bits per heavy atom. The van der Waals surface area contributed by atoms with Gasteiger partial charge in [0.2, 0.25) is 0 Å². The normalized spacial score (nSPS) is 11.8. The molecular weight excluding hydrogens is 496 g/mol. The average Bonchev–Trinajstić information content (AvgIpc) is 3.41. The van der Waals surface area contributed by atoms with E-state index in [1.165, 1.54) is 0 Å². The Morgan fingerprint density at radius 3 is 1.59 bits per heavy atom. The Labute approximate surface area is 211 Å². The monoisotopic (exact) mass is 510 g/mol. The van der Waals surface area contributed by atoms with E-state index in [2.05, 4.69) is 10.2 Å². The molecule has 0 bridgehead atoms. The summed E-state index contributed by atoms with van der Waals surface area (Å²) in [5.41, 5.74) is -0.890. The van der Waals surface area contributed by atoms with Gasteiger partial charge >= 0.3 is 0 Å². The molecule has 0 unspecified atom stereocenters. The molecule has 178 valence electrons. The molecular formula is C30H14F4N2S. The number of rotatable bonds is 3. The average molecular weight is 511 g/mol. The van der Waals surface area contributed by atoms with Gasteiger partial charge < -0.3 is 0 Å². The lowest BCUT2D eigenvalue weighted by Crippen LogP contribution is -2.03. The number of halogens is 4. The van der Waals surface area contributed by atoms with Gasteiger partial charge in [0.25, 0.3) is 0 Å². The minimum Gasteiger partial charge on any atom is -0.203 e. The molecule has 2 nitrogen and oxygen atoms in total. The highest BCUT2D eigenvalue weighted by Crippen LogP contribution is 2.42. The van der Waals surface area contributed by atoms with E-state index in [1.54, 1.807) is 36.4 Å². The van der Waals surface area contributed by atoms with Crippen LogP contribution in [0.25, 0.3) is 64.6 Å². The summed E-state index contributed by atoms with van der Waals surface area (Å²) in [6.07, 6.45) is 0. The summed E-state index contributed by atoms with van der Waals surface area (Å²) in [6.45, 7) is 0. The van der Waals surface area contributed by atoms with E-state index in [-0.39, 0.29) is 10.6 Å². The van der Waals surface area contributed by atoms with Gasteiger partial charge in [0, 0.05) is 5.56 Å². The zero-order chi connectivity index (χ0) is 25.3. The smallest absolute Gasteiger partial charge is 0.172 e. The molecule has 0 radical (unpaired) electrons. The fourth-order valence-electron chi connectivity index (χ4n) is 4.99. The Balaban J connectivity index is 1.42. The van der Waals surface area contributed by atoms with E-state index >= 15 is 17.6 Å². The Morgan fingerprint density at radius 2 is 0.973 bits per heavy atom. The molecule has 0 aliphatic heterocycles. The maximum absolute atomic E-state index is 15.5. The molecule has 37 heavy (non-hydrogen) atoms. The second kappa shape index (κ2) is 8.08. The molecule has 0 atom stereocenters. The molecule has 7 heteroatoms. The Bertz CT molecular complexity index is 1890. The SMILES string of the molecule is Fc1c(F)c(-c2nnc(-c3ccccc3)s2)c(F)c(F)c1-c1cc2ccc3cccc4ccc(c1)c2c34. The van der Waals surface area contributed by atoms with Crippen molar-refractivity contribution >= 4 is 43.7 Å². The highest BCUT2D eigenvalue weighted by atomic mass is 32.1. The van der Waals surface area contributed by atoms with Gasteiger partial charge in [-0.3, -0.25) is 0 Å². The van der Waals surface area contributed by atoms with Crippen LogP contribution in [-0.4, -0.2) is 10.2 Å². The van der Waals surface area contributed by atoms with Crippen LogP contribution in [0.5, 0.6) is 0 Å². The maximum atomic E-state index is 15.5. The number of hydrogen-bond donors (Lipinski definition) is 0. The van der Waals surface area contributed by atoms with Gasteiger partial charge in [0.15, 0.2) is 28.3 Å². The van der Waals surface area contributed by atoms with Gasteiger partial charge in [-0.1, -0.05) is 84.1 Å². The topological polar surface area (TPSA) is 25.8 Å². The van der Waals surface area contributed by atoms with Crippen LogP contribution in [0.2, 0.25) is 0 Å². The van der Waals surface area contributed by atoms with E-state index in [0.717, 1.165) is 43.7 Å². The summed E-state index contributed by atoms with van der Waals surface area (Å²) in [6, 6.07) is 25.5. The Kier molecular flexibility index (Phi) is 4.78. The largest absolute Gasteiger partial charge is 0.203 e. The van der Waals surface area contributed by atoms with Gasteiger partial charge in [-0.25, -0.2) is 17.6 Å². The van der Waals surface area contributed by atoms with E-state index in [0.29, 0.717) is 10.6 Å². The summed E-state index contributed by atoms with van der Waals surface area (Å²) >= 11 is 0.857. The minimum atomic E-state index is -1.50. The van der Waals surface area contributed by atoms with Crippen molar-refractivity contribution in [3.63, 3.8) is 0 Å². The summed E-state index contributed by atoms with van der Waals surface area (Å²) in [4.78, 5) is 0.